The second kappa shape index (κ2) is 6.85. The number of hydrogen-bond donors (Lipinski definition) is 1. The fourth-order valence-electron chi connectivity index (χ4n) is 1.87. The van der Waals surface area contributed by atoms with Gasteiger partial charge in [-0.2, -0.15) is 0 Å². The van der Waals surface area contributed by atoms with E-state index in [0.29, 0.717) is 18.2 Å². The van der Waals surface area contributed by atoms with Crippen LogP contribution < -0.4 is 10.1 Å². The third-order valence-corrected chi connectivity index (χ3v) is 3.29. The average molecular weight is 298 g/mol. The molecule has 0 aromatic heterocycles. The van der Waals surface area contributed by atoms with Crippen LogP contribution in [0.15, 0.2) is 12.1 Å². The smallest absolute Gasteiger partial charge is 0.225 e. The fourth-order valence-corrected chi connectivity index (χ4v) is 1.87. The Morgan fingerprint density at radius 3 is 2.48 bits per heavy atom. The molecule has 1 amide bonds. The van der Waals surface area contributed by atoms with Gasteiger partial charge in [-0.25, -0.2) is 8.78 Å². The highest BCUT2D eigenvalue weighted by Crippen LogP contribution is 2.25. The number of nitrogens with one attached hydrogen (secondary N) is 1. The van der Waals surface area contributed by atoms with Gasteiger partial charge < -0.3 is 15.0 Å². The lowest BCUT2D eigenvalue weighted by molar-refractivity contribution is -0.129. The summed E-state index contributed by atoms with van der Waals surface area (Å²) in [6, 6.07) is 3.01. The molecule has 2 rings (SSSR count). The van der Waals surface area contributed by atoms with Crippen LogP contribution in [0.3, 0.4) is 0 Å². The van der Waals surface area contributed by atoms with E-state index in [9.17, 15) is 13.6 Å². The lowest BCUT2D eigenvalue weighted by Gasteiger charge is -2.12. The SMILES string of the molecule is CN(C)C(=O)CCOc1c(F)cc(CNC2CC2)cc1F. The average Bonchev–Trinajstić information content (AvgIpc) is 3.23. The van der Waals surface area contributed by atoms with E-state index in [4.69, 9.17) is 4.74 Å². The van der Waals surface area contributed by atoms with Gasteiger partial charge in [0.1, 0.15) is 0 Å². The van der Waals surface area contributed by atoms with Crippen LogP contribution in [0.2, 0.25) is 0 Å². The standard InChI is InChI=1S/C15H20F2N2O2/c1-19(2)14(20)5-6-21-15-12(16)7-10(8-13(15)17)9-18-11-3-4-11/h7-8,11,18H,3-6,9H2,1-2H3. The van der Waals surface area contributed by atoms with E-state index in [2.05, 4.69) is 5.32 Å². The van der Waals surface area contributed by atoms with Crippen molar-refractivity contribution in [3.63, 3.8) is 0 Å². The van der Waals surface area contributed by atoms with Crippen molar-refractivity contribution in [2.24, 2.45) is 0 Å². The molecule has 0 atom stereocenters. The molecule has 1 saturated carbocycles. The van der Waals surface area contributed by atoms with Crippen LogP contribution in [0.1, 0.15) is 24.8 Å². The molecule has 0 spiro atoms. The summed E-state index contributed by atoms with van der Waals surface area (Å²) in [6.07, 6.45) is 2.31. The van der Waals surface area contributed by atoms with Crippen molar-refractivity contribution < 1.29 is 18.3 Å². The van der Waals surface area contributed by atoms with Crippen molar-refractivity contribution in [3.8, 4) is 5.75 Å². The maximum atomic E-state index is 13.8. The van der Waals surface area contributed by atoms with Crippen molar-refractivity contribution in [3.05, 3.63) is 29.3 Å². The van der Waals surface area contributed by atoms with Gasteiger partial charge >= 0.3 is 0 Å². The van der Waals surface area contributed by atoms with E-state index >= 15 is 0 Å². The maximum absolute atomic E-state index is 13.8. The van der Waals surface area contributed by atoms with Crippen LogP contribution in [0.4, 0.5) is 8.78 Å². The van der Waals surface area contributed by atoms with Crippen LogP contribution in [-0.2, 0) is 11.3 Å². The summed E-state index contributed by atoms with van der Waals surface area (Å²) in [5.41, 5.74) is 0.550. The summed E-state index contributed by atoms with van der Waals surface area (Å²) >= 11 is 0. The molecular formula is C15H20F2N2O2. The highest BCUT2D eigenvalue weighted by Gasteiger charge is 2.21. The van der Waals surface area contributed by atoms with E-state index in [1.807, 2.05) is 0 Å². The lowest BCUT2D eigenvalue weighted by atomic mass is 10.2. The van der Waals surface area contributed by atoms with E-state index < -0.39 is 17.4 Å². The number of rotatable bonds is 7. The van der Waals surface area contributed by atoms with Crippen molar-refractivity contribution >= 4 is 5.91 Å². The predicted octanol–water partition coefficient (Wildman–Crippen LogP) is 2.07. The van der Waals surface area contributed by atoms with E-state index in [1.165, 1.54) is 17.0 Å². The van der Waals surface area contributed by atoms with Crippen molar-refractivity contribution in [2.75, 3.05) is 20.7 Å². The molecule has 1 aromatic rings. The third kappa shape index (κ3) is 4.67. The van der Waals surface area contributed by atoms with Gasteiger partial charge in [-0.1, -0.05) is 0 Å². The summed E-state index contributed by atoms with van der Waals surface area (Å²) in [4.78, 5) is 12.8. The monoisotopic (exact) mass is 298 g/mol. The topological polar surface area (TPSA) is 41.6 Å². The minimum atomic E-state index is -0.736. The molecule has 1 aromatic carbocycles. The molecular weight excluding hydrogens is 278 g/mol. The minimum absolute atomic E-state index is 0.0511. The second-order valence-corrected chi connectivity index (χ2v) is 5.43. The number of carbonyl (C=O) groups excluding carboxylic acids is 1. The Balaban J connectivity index is 1.91. The summed E-state index contributed by atoms with van der Waals surface area (Å²) in [5, 5.41) is 3.19. The Hall–Kier alpha value is -1.69. The first-order valence-corrected chi connectivity index (χ1v) is 7.01. The molecule has 0 aliphatic heterocycles. The first-order valence-electron chi connectivity index (χ1n) is 7.01. The number of benzene rings is 1. The molecule has 21 heavy (non-hydrogen) atoms. The summed E-state index contributed by atoms with van der Waals surface area (Å²) < 4.78 is 32.8. The molecule has 116 valence electrons. The highest BCUT2D eigenvalue weighted by atomic mass is 19.1. The number of hydrogen-bond acceptors (Lipinski definition) is 3. The number of carbonyl (C=O) groups is 1. The third-order valence-electron chi connectivity index (χ3n) is 3.29. The molecule has 0 radical (unpaired) electrons. The van der Waals surface area contributed by atoms with Crippen LogP contribution in [0.25, 0.3) is 0 Å². The number of amides is 1. The minimum Gasteiger partial charge on any atom is -0.487 e. The van der Waals surface area contributed by atoms with Crippen LogP contribution in [0.5, 0.6) is 5.75 Å². The second-order valence-electron chi connectivity index (χ2n) is 5.43. The molecule has 4 nitrogen and oxygen atoms in total. The quantitative estimate of drug-likeness (QED) is 0.838. The summed E-state index contributed by atoms with van der Waals surface area (Å²) in [5.74, 6) is -2.04. The van der Waals surface area contributed by atoms with Crippen LogP contribution >= 0.6 is 0 Å². The summed E-state index contributed by atoms with van der Waals surface area (Å²) in [6.45, 7) is 0.391. The number of halogens is 2. The first kappa shape index (κ1) is 15.7. The van der Waals surface area contributed by atoms with Gasteiger partial charge in [0.05, 0.1) is 13.0 Å². The molecule has 1 fully saturated rings. The van der Waals surface area contributed by atoms with Gasteiger partial charge in [0.25, 0.3) is 0 Å². The molecule has 0 heterocycles. The van der Waals surface area contributed by atoms with Crippen molar-refractivity contribution in [1.29, 1.82) is 0 Å². The van der Waals surface area contributed by atoms with Crippen molar-refractivity contribution in [2.45, 2.75) is 31.8 Å². The van der Waals surface area contributed by atoms with Crippen molar-refractivity contribution in [1.82, 2.24) is 10.2 Å². The normalized spacial score (nSPS) is 14.1. The number of nitrogens with zero attached hydrogens (tertiary/aromatic N) is 1. The van der Waals surface area contributed by atoms with Crippen LogP contribution in [0, 0.1) is 11.6 Å². The zero-order chi connectivity index (χ0) is 15.4. The maximum Gasteiger partial charge on any atom is 0.225 e. The Morgan fingerprint density at radius 2 is 1.95 bits per heavy atom. The molecule has 1 N–H and O–H groups in total. The molecule has 0 unspecified atom stereocenters. The van der Waals surface area contributed by atoms with Crippen LogP contribution in [-0.4, -0.2) is 37.6 Å². The molecule has 1 aliphatic rings. The van der Waals surface area contributed by atoms with E-state index in [1.54, 1.807) is 14.1 Å². The van der Waals surface area contributed by atoms with Gasteiger partial charge in [0, 0.05) is 26.7 Å². The zero-order valence-electron chi connectivity index (χ0n) is 12.3. The van der Waals surface area contributed by atoms with Gasteiger partial charge in [0.15, 0.2) is 17.4 Å². The van der Waals surface area contributed by atoms with Gasteiger partial charge in [-0.15, -0.1) is 0 Å². The molecule has 6 heteroatoms. The van der Waals surface area contributed by atoms with E-state index in [0.717, 1.165) is 12.8 Å². The molecule has 0 saturated heterocycles. The zero-order valence-corrected chi connectivity index (χ0v) is 12.3. The summed E-state index contributed by atoms with van der Waals surface area (Å²) in [7, 11) is 3.23. The first-order chi connectivity index (χ1) is 9.97. The molecule has 1 aliphatic carbocycles. The molecule has 0 bridgehead atoms. The van der Waals surface area contributed by atoms with Gasteiger partial charge in [0.2, 0.25) is 5.91 Å². The Labute approximate surface area is 123 Å². The Morgan fingerprint density at radius 1 is 1.33 bits per heavy atom. The van der Waals surface area contributed by atoms with Gasteiger partial charge in [-0.3, -0.25) is 4.79 Å². The van der Waals surface area contributed by atoms with Gasteiger partial charge in [-0.05, 0) is 30.5 Å². The Bertz CT molecular complexity index is 493. The highest BCUT2D eigenvalue weighted by molar-refractivity contribution is 5.75. The van der Waals surface area contributed by atoms with E-state index in [-0.39, 0.29) is 18.9 Å². The Kier molecular flexibility index (Phi) is 5.12. The predicted molar refractivity (Wildman–Crippen MR) is 75.0 cm³/mol. The number of ether oxygens (including phenoxy) is 1. The largest absolute Gasteiger partial charge is 0.487 e. The fraction of sp³-hybridized carbons (Fsp3) is 0.533. The lowest BCUT2D eigenvalue weighted by Crippen LogP contribution is -2.23.